The number of Topliss-reactive ketones (excluding diaryl/α,β-unsaturated/α-hetero) is 1. The number of hydrogen-bond donors (Lipinski definition) is 0. The highest BCUT2D eigenvalue weighted by molar-refractivity contribution is 6.01. The molecule has 2 aromatic carbocycles. The lowest BCUT2D eigenvalue weighted by Gasteiger charge is -2.19. The van der Waals surface area contributed by atoms with E-state index in [1.54, 1.807) is 31.1 Å². The molecule has 0 aliphatic carbocycles. The molecule has 0 heterocycles. The average molecular weight is 398 g/mol. The van der Waals surface area contributed by atoms with Crippen molar-refractivity contribution < 1.29 is 19.2 Å². The summed E-state index contributed by atoms with van der Waals surface area (Å²) in [6.07, 6.45) is -1.02. The van der Waals surface area contributed by atoms with E-state index in [0.29, 0.717) is 11.3 Å². The number of rotatable bonds is 6. The van der Waals surface area contributed by atoms with Crippen molar-refractivity contribution >= 4 is 23.1 Å². The summed E-state index contributed by atoms with van der Waals surface area (Å²) in [5, 5.41) is 11.3. The summed E-state index contributed by atoms with van der Waals surface area (Å²) in [5.41, 5.74) is 1.67. The number of anilines is 1. The van der Waals surface area contributed by atoms with E-state index >= 15 is 0 Å². The largest absolute Gasteiger partial charge is 0.451 e. The molecule has 29 heavy (non-hydrogen) atoms. The van der Waals surface area contributed by atoms with Crippen molar-refractivity contribution in [3.63, 3.8) is 0 Å². The van der Waals surface area contributed by atoms with Gasteiger partial charge in [-0.3, -0.25) is 14.9 Å². The van der Waals surface area contributed by atoms with Crippen molar-refractivity contribution in [2.75, 3.05) is 19.0 Å². The number of nitrogens with zero attached hydrogens (tertiary/aromatic N) is 2. The Labute approximate surface area is 170 Å². The smallest absolute Gasteiger partial charge is 0.339 e. The molecule has 0 saturated heterocycles. The number of ketones is 1. The first-order chi connectivity index (χ1) is 13.4. The maximum Gasteiger partial charge on any atom is 0.339 e. The van der Waals surface area contributed by atoms with Gasteiger partial charge in [0.25, 0.3) is 5.69 Å². The van der Waals surface area contributed by atoms with Crippen LogP contribution in [0.3, 0.4) is 0 Å². The molecule has 154 valence electrons. The van der Waals surface area contributed by atoms with Crippen LogP contribution in [0.25, 0.3) is 0 Å². The highest BCUT2D eigenvalue weighted by atomic mass is 16.6. The second-order valence-electron chi connectivity index (χ2n) is 8.09. The number of esters is 1. The minimum absolute atomic E-state index is 0.0185. The first kappa shape index (κ1) is 22.1. The fourth-order valence-electron chi connectivity index (χ4n) is 2.83. The molecule has 0 amide bonds. The summed E-state index contributed by atoms with van der Waals surface area (Å²) in [4.78, 5) is 37.3. The van der Waals surface area contributed by atoms with Crippen LogP contribution in [0.15, 0.2) is 42.5 Å². The summed E-state index contributed by atoms with van der Waals surface area (Å²) in [5.74, 6) is -1.12. The Morgan fingerprint density at radius 1 is 1.03 bits per heavy atom. The highest BCUT2D eigenvalue weighted by Crippen LogP contribution is 2.28. The average Bonchev–Trinajstić information content (AvgIpc) is 2.66. The molecule has 7 heteroatoms. The van der Waals surface area contributed by atoms with E-state index < -0.39 is 17.0 Å². The second kappa shape index (κ2) is 8.43. The van der Waals surface area contributed by atoms with Crippen LogP contribution in [0.4, 0.5) is 11.4 Å². The number of ether oxygens (including phenoxy) is 1. The molecule has 0 N–H and O–H groups in total. The van der Waals surface area contributed by atoms with Gasteiger partial charge in [0.1, 0.15) is 5.69 Å². The molecule has 1 atom stereocenters. The summed E-state index contributed by atoms with van der Waals surface area (Å²) >= 11 is 0. The van der Waals surface area contributed by atoms with Gasteiger partial charge in [0, 0.05) is 25.7 Å². The van der Waals surface area contributed by atoms with E-state index in [0.717, 1.165) is 11.6 Å². The predicted molar refractivity (Wildman–Crippen MR) is 112 cm³/mol. The SMILES string of the molecule is C[C@H](OC(=O)c1ccc(N(C)C)c([N+](=O)[O-])c1)C(=O)c1ccc(C(C)(C)C)cc1. The van der Waals surface area contributed by atoms with E-state index in [1.807, 2.05) is 12.1 Å². The highest BCUT2D eigenvalue weighted by Gasteiger charge is 2.24. The first-order valence-corrected chi connectivity index (χ1v) is 9.23. The van der Waals surface area contributed by atoms with Crippen LogP contribution >= 0.6 is 0 Å². The summed E-state index contributed by atoms with van der Waals surface area (Å²) in [6, 6.07) is 11.3. The number of carbonyl (C=O) groups excluding carboxylic acids is 2. The monoisotopic (exact) mass is 398 g/mol. The van der Waals surface area contributed by atoms with E-state index in [-0.39, 0.29) is 22.4 Å². The Balaban J connectivity index is 2.17. The molecule has 0 saturated carbocycles. The van der Waals surface area contributed by atoms with Crippen molar-refractivity contribution in [3.8, 4) is 0 Å². The second-order valence-corrected chi connectivity index (χ2v) is 8.09. The van der Waals surface area contributed by atoms with Crippen LogP contribution in [0.5, 0.6) is 0 Å². The van der Waals surface area contributed by atoms with Crippen LogP contribution in [0.2, 0.25) is 0 Å². The zero-order valence-corrected chi connectivity index (χ0v) is 17.6. The molecule has 0 aliphatic heterocycles. The zero-order chi connectivity index (χ0) is 21.9. The molecule has 0 spiro atoms. The van der Waals surface area contributed by atoms with Crippen molar-refractivity contribution in [1.29, 1.82) is 0 Å². The lowest BCUT2D eigenvalue weighted by Crippen LogP contribution is -2.24. The Morgan fingerprint density at radius 3 is 2.07 bits per heavy atom. The number of nitro groups is 1. The van der Waals surface area contributed by atoms with Crippen LogP contribution in [0.1, 0.15) is 54.0 Å². The van der Waals surface area contributed by atoms with Crippen LogP contribution in [0, 0.1) is 10.1 Å². The van der Waals surface area contributed by atoms with Crippen LogP contribution in [-0.2, 0) is 10.2 Å². The Morgan fingerprint density at radius 2 is 1.59 bits per heavy atom. The lowest BCUT2D eigenvalue weighted by atomic mass is 9.86. The minimum Gasteiger partial charge on any atom is -0.451 e. The van der Waals surface area contributed by atoms with Gasteiger partial charge in [-0.1, -0.05) is 45.0 Å². The van der Waals surface area contributed by atoms with E-state index in [4.69, 9.17) is 4.74 Å². The summed E-state index contributed by atoms with van der Waals surface area (Å²) in [6.45, 7) is 7.72. The quantitative estimate of drug-likeness (QED) is 0.310. The topological polar surface area (TPSA) is 89.8 Å². The molecule has 0 bridgehead atoms. The third-order valence-corrected chi connectivity index (χ3v) is 4.58. The summed E-state index contributed by atoms with van der Waals surface area (Å²) in [7, 11) is 3.35. The van der Waals surface area contributed by atoms with E-state index in [1.165, 1.54) is 19.1 Å². The number of nitro benzene ring substituents is 1. The Kier molecular flexibility index (Phi) is 6.41. The first-order valence-electron chi connectivity index (χ1n) is 9.23. The third-order valence-electron chi connectivity index (χ3n) is 4.58. The predicted octanol–water partition coefficient (Wildman–Crippen LogP) is 4.39. The van der Waals surface area contributed by atoms with E-state index in [2.05, 4.69) is 20.8 Å². The van der Waals surface area contributed by atoms with Crippen LogP contribution < -0.4 is 4.90 Å². The molecule has 0 aromatic heterocycles. The number of benzene rings is 2. The molecule has 2 aromatic rings. The van der Waals surface area contributed by atoms with Gasteiger partial charge < -0.3 is 9.64 Å². The third kappa shape index (κ3) is 5.19. The lowest BCUT2D eigenvalue weighted by molar-refractivity contribution is -0.384. The van der Waals surface area contributed by atoms with Gasteiger partial charge in [-0.2, -0.15) is 0 Å². The van der Waals surface area contributed by atoms with Gasteiger partial charge in [-0.05, 0) is 30.0 Å². The molecule has 0 fully saturated rings. The van der Waals surface area contributed by atoms with Crippen molar-refractivity contribution in [3.05, 3.63) is 69.3 Å². The van der Waals surface area contributed by atoms with Crippen molar-refractivity contribution in [2.45, 2.75) is 39.2 Å². The standard InChI is InChI=1S/C22H26N2O5/c1-14(20(25)15-7-10-17(11-8-15)22(2,3)4)29-21(26)16-9-12-18(23(5)6)19(13-16)24(27)28/h7-14H,1-6H3/t14-/m0/s1. The minimum atomic E-state index is -1.02. The Bertz CT molecular complexity index is 927. The van der Waals surface area contributed by atoms with Gasteiger partial charge in [0.15, 0.2) is 6.10 Å². The fourth-order valence-corrected chi connectivity index (χ4v) is 2.83. The fraction of sp³-hybridized carbons (Fsp3) is 0.364. The molecule has 7 nitrogen and oxygen atoms in total. The van der Waals surface area contributed by atoms with Gasteiger partial charge >= 0.3 is 5.97 Å². The molecule has 0 radical (unpaired) electrons. The number of carbonyl (C=O) groups is 2. The summed E-state index contributed by atoms with van der Waals surface area (Å²) < 4.78 is 5.26. The molecular weight excluding hydrogens is 372 g/mol. The normalized spacial score (nSPS) is 12.2. The number of hydrogen-bond acceptors (Lipinski definition) is 6. The van der Waals surface area contributed by atoms with Gasteiger partial charge in [0.2, 0.25) is 5.78 Å². The molecule has 0 unspecified atom stereocenters. The maximum absolute atomic E-state index is 12.6. The maximum atomic E-state index is 12.6. The van der Waals surface area contributed by atoms with Gasteiger partial charge in [0.05, 0.1) is 10.5 Å². The van der Waals surface area contributed by atoms with Gasteiger partial charge in [-0.25, -0.2) is 4.79 Å². The van der Waals surface area contributed by atoms with Crippen molar-refractivity contribution in [2.24, 2.45) is 0 Å². The molecule has 2 rings (SSSR count). The Hall–Kier alpha value is -3.22. The zero-order valence-electron chi connectivity index (χ0n) is 17.6. The van der Waals surface area contributed by atoms with E-state index in [9.17, 15) is 19.7 Å². The molecule has 0 aliphatic rings. The molecular formula is C22H26N2O5. The van der Waals surface area contributed by atoms with Gasteiger partial charge in [-0.15, -0.1) is 0 Å². The van der Waals surface area contributed by atoms with Crippen molar-refractivity contribution in [1.82, 2.24) is 0 Å². The van der Waals surface area contributed by atoms with Crippen LogP contribution in [-0.4, -0.2) is 36.9 Å².